The highest BCUT2D eigenvalue weighted by atomic mass is 16.4. The number of pyridine rings is 2. The molecule has 0 bridgehead atoms. The third kappa shape index (κ3) is 11.3. The quantitative estimate of drug-likeness (QED) is 0.311. The smallest absolute Gasteiger partial charge is 0.336 e. The number of aromatic nitrogens is 2. The van der Waals surface area contributed by atoms with Crippen molar-refractivity contribution in [3.05, 3.63) is 60.2 Å². The van der Waals surface area contributed by atoms with E-state index in [9.17, 15) is 24.0 Å². The van der Waals surface area contributed by atoms with E-state index in [1.165, 1.54) is 12.4 Å². The molecule has 0 radical (unpaired) electrons. The summed E-state index contributed by atoms with van der Waals surface area (Å²) in [4.78, 5) is 58.7. The van der Waals surface area contributed by atoms with Crippen molar-refractivity contribution in [3.8, 4) is 0 Å². The molecular weight excluding hydrogens is 416 g/mol. The van der Waals surface area contributed by atoms with E-state index in [4.69, 9.17) is 31.9 Å². The molecule has 0 fully saturated rings. The molecule has 13 nitrogen and oxygen atoms in total. The first-order valence-electron chi connectivity index (χ1n) is 8.18. The van der Waals surface area contributed by atoms with Crippen molar-refractivity contribution >= 4 is 29.7 Å². The molecule has 0 spiro atoms. The van der Waals surface area contributed by atoms with Gasteiger partial charge in [0.05, 0.1) is 24.0 Å². The second-order valence-electron chi connectivity index (χ2n) is 5.69. The lowest BCUT2D eigenvalue weighted by Crippen LogP contribution is -2.42. The number of amides is 2. The Kier molecular flexibility index (Phi) is 11.1. The highest BCUT2D eigenvalue weighted by molar-refractivity contribution is 5.92. The van der Waals surface area contributed by atoms with E-state index in [-0.39, 0.29) is 0 Å². The van der Waals surface area contributed by atoms with Gasteiger partial charge in [0.1, 0.15) is 0 Å². The van der Waals surface area contributed by atoms with Crippen LogP contribution in [0.25, 0.3) is 0 Å². The van der Waals surface area contributed by atoms with E-state index in [0.717, 1.165) is 0 Å². The van der Waals surface area contributed by atoms with Gasteiger partial charge in [0, 0.05) is 24.8 Å². The van der Waals surface area contributed by atoms with E-state index < -0.39 is 48.2 Å². The second kappa shape index (κ2) is 12.9. The fourth-order valence-electron chi connectivity index (χ4n) is 1.73. The number of carbonyl (C=O) groups is 5. The van der Waals surface area contributed by atoms with Crippen LogP contribution < -0.4 is 11.5 Å². The van der Waals surface area contributed by atoms with Crippen LogP contribution in [-0.4, -0.2) is 65.7 Å². The molecule has 0 aliphatic carbocycles. The summed E-state index contributed by atoms with van der Waals surface area (Å²) in [6.45, 7) is 0. The van der Waals surface area contributed by atoms with E-state index in [1.54, 1.807) is 36.7 Å². The van der Waals surface area contributed by atoms with Crippen molar-refractivity contribution in [3.63, 3.8) is 0 Å². The minimum absolute atomic E-state index is 0.442. The zero-order valence-corrected chi connectivity index (χ0v) is 15.9. The number of nitrogens with two attached hydrogens (primary N) is 2. The van der Waals surface area contributed by atoms with Crippen LogP contribution in [0.4, 0.5) is 0 Å². The van der Waals surface area contributed by atoms with Crippen molar-refractivity contribution in [2.45, 2.75) is 18.4 Å². The SMILES string of the molecule is NC(=O)c1cccnc1.NC(=O)c1cccnc1.O=C(O)CC(O)(CC(=O)O)C(=O)O. The number of aliphatic carboxylic acids is 3. The molecule has 2 heterocycles. The summed E-state index contributed by atoms with van der Waals surface area (Å²) in [6, 6.07) is 6.57. The molecule has 0 unspecified atom stereocenters. The van der Waals surface area contributed by atoms with Crippen LogP contribution in [0, 0.1) is 0 Å². The third-order valence-corrected chi connectivity index (χ3v) is 3.18. The lowest BCUT2D eigenvalue weighted by molar-refractivity contribution is -0.170. The molecule has 13 heteroatoms. The summed E-state index contributed by atoms with van der Waals surface area (Å²) in [7, 11) is 0. The van der Waals surface area contributed by atoms with E-state index in [1.807, 2.05) is 0 Å². The molecule has 166 valence electrons. The van der Waals surface area contributed by atoms with Crippen LogP contribution in [0.15, 0.2) is 49.1 Å². The van der Waals surface area contributed by atoms with Gasteiger partial charge in [-0.2, -0.15) is 0 Å². The number of hydrogen-bond donors (Lipinski definition) is 6. The molecule has 2 aromatic rings. The Morgan fingerprint density at radius 1 is 0.774 bits per heavy atom. The predicted molar refractivity (Wildman–Crippen MR) is 103 cm³/mol. The maximum atomic E-state index is 10.4. The summed E-state index contributed by atoms with van der Waals surface area (Å²) < 4.78 is 0. The van der Waals surface area contributed by atoms with E-state index in [0.29, 0.717) is 11.1 Å². The van der Waals surface area contributed by atoms with Gasteiger partial charge in [0.25, 0.3) is 0 Å². The van der Waals surface area contributed by atoms with Crippen molar-refractivity contribution < 1.29 is 44.4 Å². The zero-order chi connectivity index (χ0) is 24.0. The first-order valence-corrected chi connectivity index (χ1v) is 8.18. The van der Waals surface area contributed by atoms with Gasteiger partial charge in [-0.05, 0) is 24.3 Å². The van der Waals surface area contributed by atoms with Crippen molar-refractivity contribution in [2.24, 2.45) is 11.5 Å². The molecule has 2 amide bonds. The van der Waals surface area contributed by atoms with Gasteiger partial charge in [-0.25, -0.2) is 4.79 Å². The van der Waals surface area contributed by atoms with Crippen LogP contribution >= 0.6 is 0 Å². The number of aliphatic hydroxyl groups is 1. The van der Waals surface area contributed by atoms with Crippen LogP contribution in [0.2, 0.25) is 0 Å². The highest BCUT2D eigenvalue weighted by Gasteiger charge is 2.40. The number of hydrogen-bond acceptors (Lipinski definition) is 8. The molecule has 31 heavy (non-hydrogen) atoms. The number of carboxylic acids is 3. The Bertz CT molecular complexity index is 839. The first kappa shape index (κ1) is 26.6. The second-order valence-corrected chi connectivity index (χ2v) is 5.69. The Morgan fingerprint density at radius 3 is 1.29 bits per heavy atom. The number of rotatable bonds is 7. The summed E-state index contributed by atoms with van der Waals surface area (Å²) in [5.41, 5.74) is 8.02. The average molecular weight is 436 g/mol. The van der Waals surface area contributed by atoms with Crippen molar-refractivity contribution in [1.82, 2.24) is 9.97 Å². The Hall–Kier alpha value is -4.39. The Morgan fingerprint density at radius 2 is 1.13 bits per heavy atom. The van der Waals surface area contributed by atoms with Crippen molar-refractivity contribution in [1.29, 1.82) is 0 Å². The molecule has 0 saturated carbocycles. The van der Waals surface area contributed by atoms with Gasteiger partial charge in [0.15, 0.2) is 5.60 Å². The fraction of sp³-hybridized carbons (Fsp3) is 0.167. The minimum atomic E-state index is -2.74. The number of carboxylic acid groups (broad SMARTS) is 3. The zero-order valence-electron chi connectivity index (χ0n) is 15.9. The predicted octanol–water partition coefficient (Wildman–Crippen LogP) is -0.887. The molecular formula is C18H20N4O9. The fourth-order valence-corrected chi connectivity index (χ4v) is 1.73. The van der Waals surface area contributed by atoms with Gasteiger partial charge in [0.2, 0.25) is 11.8 Å². The topological polar surface area (TPSA) is 244 Å². The van der Waals surface area contributed by atoms with Gasteiger partial charge in [-0.1, -0.05) is 0 Å². The first-order chi connectivity index (χ1) is 14.4. The Labute approximate surface area is 175 Å². The van der Waals surface area contributed by atoms with Crippen LogP contribution in [0.3, 0.4) is 0 Å². The van der Waals surface area contributed by atoms with Crippen LogP contribution in [-0.2, 0) is 14.4 Å². The maximum absolute atomic E-state index is 10.4. The molecule has 0 atom stereocenters. The molecule has 8 N–H and O–H groups in total. The third-order valence-electron chi connectivity index (χ3n) is 3.18. The van der Waals surface area contributed by atoms with E-state index in [2.05, 4.69) is 9.97 Å². The summed E-state index contributed by atoms with van der Waals surface area (Å²) in [5.74, 6) is -5.90. The van der Waals surface area contributed by atoms with Gasteiger partial charge >= 0.3 is 17.9 Å². The monoisotopic (exact) mass is 436 g/mol. The lowest BCUT2D eigenvalue weighted by Gasteiger charge is -2.18. The molecule has 0 aromatic carbocycles. The molecule has 0 aliphatic rings. The number of primary amides is 2. The number of nitrogens with zero attached hydrogens (tertiary/aromatic N) is 2. The normalized spacial score (nSPS) is 9.71. The largest absolute Gasteiger partial charge is 0.481 e. The highest BCUT2D eigenvalue weighted by Crippen LogP contribution is 2.15. The van der Waals surface area contributed by atoms with Gasteiger partial charge < -0.3 is 31.9 Å². The lowest BCUT2D eigenvalue weighted by atomic mass is 9.96. The van der Waals surface area contributed by atoms with Gasteiger partial charge in [-0.3, -0.25) is 29.1 Å². The number of carbonyl (C=O) groups excluding carboxylic acids is 2. The Balaban J connectivity index is 0.000000445. The summed E-state index contributed by atoms with van der Waals surface area (Å²) >= 11 is 0. The van der Waals surface area contributed by atoms with Crippen LogP contribution in [0.1, 0.15) is 33.6 Å². The molecule has 0 saturated heterocycles. The van der Waals surface area contributed by atoms with E-state index >= 15 is 0 Å². The standard InChI is InChI=1S/2C6H6N2O.C6H8O7/c2*7-6(9)5-2-1-3-8-4-5;7-3(8)1-6(13,5(11)12)2-4(9)10/h2*1-4H,(H2,7,9);13H,1-2H2,(H,7,8)(H,9,10)(H,11,12). The van der Waals surface area contributed by atoms with Gasteiger partial charge in [-0.15, -0.1) is 0 Å². The molecule has 0 aliphatic heterocycles. The minimum Gasteiger partial charge on any atom is -0.481 e. The molecule has 2 aromatic heterocycles. The average Bonchev–Trinajstić information content (AvgIpc) is 2.69. The summed E-state index contributed by atoms with van der Waals surface area (Å²) in [6.07, 6.45) is 3.76. The molecule has 2 rings (SSSR count). The van der Waals surface area contributed by atoms with Crippen LogP contribution in [0.5, 0.6) is 0 Å². The maximum Gasteiger partial charge on any atom is 0.336 e. The summed E-state index contributed by atoms with van der Waals surface area (Å²) in [5, 5.41) is 33.8. The van der Waals surface area contributed by atoms with Crippen molar-refractivity contribution in [2.75, 3.05) is 0 Å².